The van der Waals surface area contributed by atoms with Gasteiger partial charge in [0, 0.05) is 25.7 Å². The van der Waals surface area contributed by atoms with E-state index >= 15 is 0 Å². The zero-order chi connectivity index (χ0) is 26.3. The number of hydrogen-bond donors (Lipinski definition) is 0. The van der Waals surface area contributed by atoms with Gasteiger partial charge in [-0.15, -0.1) is 0 Å². The van der Waals surface area contributed by atoms with Gasteiger partial charge in [-0.05, 0) is 79.7 Å². The van der Waals surface area contributed by atoms with Crippen LogP contribution in [0.2, 0.25) is 0 Å². The van der Waals surface area contributed by atoms with Crippen LogP contribution in [0.3, 0.4) is 0 Å². The molecule has 1 unspecified atom stereocenters. The van der Waals surface area contributed by atoms with Crippen LogP contribution in [0, 0.1) is 34.5 Å². The molecule has 0 N–H and O–H groups in total. The Morgan fingerprint density at radius 2 is 1.84 bits per heavy atom. The summed E-state index contributed by atoms with van der Waals surface area (Å²) in [5.41, 5.74) is 0.170. The average molecular weight is 515 g/mol. The van der Waals surface area contributed by atoms with Crippen molar-refractivity contribution in [1.82, 2.24) is 0 Å². The van der Waals surface area contributed by atoms with Crippen LogP contribution in [0.1, 0.15) is 92.5 Å². The molecule has 0 amide bonds. The van der Waals surface area contributed by atoms with Crippen LogP contribution in [0.4, 0.5) is 0 Å². The smallest absolute Gasteiger partial charge is 0.335 e. The van der Waals surface area contributed by atoms with Gasteiger partial charge in [0.15, 0.2) is 0 Å². The van der Waals surface area contributed by atoms with Crippen LogP contribution in [-0.2, 0) is 23.8 Å². The van der Waals surface area contributed by atoms with Crippen molar-refractivity contribution in [3.63, 3.8) is 0 Å². The molecule has 4 saturated carbocycles. The number of ether oxygens (including phenoxy) is 3. The number of carbonyl (C=O) groups excluding carboxylic acids is 2. The number of fused-ring (bicyclic) bond motifs is 3. The van der Waals surface area contributed by atoms with Gasteiger partial charge in [0.05, 0.1) is 12.2 Å². The molecule has 1 aromatic heterocycles. The summed E-state index contributed by atoms with van der Waals surface area (Å²) in [6.45, 7) is 10.00. The predicted octanol–water partition coefficient (Wildman–Crippen LogP) is 5.25. The second-order valence-electron chi connectivity index (χ2n) is 13.2. The fourth-order valence-electron chi connectivity index (χ4n) is 9.50. The molecule has 1 aliphatic heterocycles. The van der Waals surface area contributed by atoms with Crippen LogP contribution in [0.25, 0.3) is 0 Å². The zero-order valence-electron chi connectivity index (χ0n) is 22.7. The van der Waals surface area contributed by atoms with E-state index in [1.165, 1.54) is 13.0 Å². The maximum absolute atomic E-state index is 12.8. The first-order chi connectivity index (χ1) is 17.5. The lowest BCUT2D eigenvalue weighted by molar-refractivity contribution is -0.168. The maximum Gasteiger partial charge on any atom is 0.335 e. The van der Waals surface area contributed by atoms with Gasteiger partial charge >= 0.3 is 17.6 Å². The standard InChI is InChI=1S/C30H40O7.H2/c1-16(2)27(33)36-25-24(18-6-9-23(32)34-15-18)29(5)13-11-21-22(30(29)26(25)37-30)8-7-19-14-20(35-17(3)31)10-12-28(19,21)4;/h6,9,15-16,19-22,24-26H,7-8,10-14H2,1-5H3;1H/t19-,20+,21?,22-,24+,25-,26-,28+,29-,30-;/m1./s1. The van der Waals surface area contributed by atoms with Crippen LogP contribution in [0.15, 0.2) is 27.6 Å². The molecule has 1 saturated heterocycles. The van der Waals surface area contributed by atoms with E-state index in [1.807, 2.05) is 19.9 Å². The predicted molar refractivity (Wildman–Crippen MR) is 137 cm³/mol. The maximum atomic E-state index is 12.8. The number of epoxide rings is 1. The molecule has 2 heterocycles. The summed E-state index contributed by atoms with van der Waals surface area (Å²) in [6, 6.07) is 3.31. The van der Waals surface area contributed by atoms with E-state index in [0.717, 1.165) is 50.5 Å². The van der Waals surface area contributed by atoms with Crippen LogP contribution >= 0.6 is 0 Å². The summed E-state index contributed by atoms with van der Waals surface area (Å²) in [6.07, 6.45) is 8.25. The molecule has 5 fully saturated rings. The minimum Gasteiger partial charge on any atom is -0.463 e. The molecule has 0 bridgehead atoms. The monoisotopic (exact) mass is 514 g/mol. The number of rotatable bonds is 4. The van der Waals surface area contributed by atoms with Crippen molar-refractivity contribution in [3.8, 4) is 0 Å². The molecule has 7 nitrogen and oxygen atoms in total. The van der Waals surface area contributed by atoms with Crippen LogP contribution < -0.4 is 5.63 Å². The first kappa shape index (κ1) is 25.1. The van der Waals surface area contributed by atoms with Crippen molar-refractivity contribution in [2.75, 3.05) is 0 Å². The van der Waals surface area contributed by atoms with E-state index in [1.54, 1.807) is 6.26 Å². The van der Waals surface area contributed by atoms with E-state index < -0.39 is 6.10 Å². The normalized spacial score (nSPS) is 45.7. The number of esters is 2. The van der Waals surface area contributed by atoms with Gasteiger partial charge in [0.1, 0.15) is 23.9 Å². The minimum atomic E-state index is -0.392. The molecule has 1 aromatic rings. The van der Waals surface area contributed by atoms with Crippen molar-refractivity contribution >= 4 is 11.9 Å². The van der Waals surface area contributed by atoms with Gasteiger partial charge in [0.2, 0.25) is 0 Å². The molecule has 7 heteroatoms. The molecule has 1 spiro atoms. The first-order valence-corrected chi connectivity index (χ1v) is 14.2. The van der Waals surface area contributed by atoms with Crippen LogP contribution in [-0.4, -0.2) is 35.9 Å². The van der Waals surface area contributed by atoms with Gasteiger partial charge in [0.25, 0.3) is 0 Å². The summed E-state index contributed by atoms with van der Waals surface area (Å²) in [7, 11) is 0. The summed E-state index contributed by atoms with van der Waals surface area (Å²) in [5, 5.41) is 0. The van der Waals surface area contributed by atoms with Gasteiger partial charge in [-0.2, -0.15) is 0 Å². The molecule has 5 aliphatic rings. The second kappa shape index (κ2) is 8.42. The fourth-order valence-corrected chi connectivity index (χ4v) is 9.50. The van der Waals surface area contributed by atoms with Gasteiger partial charge in [-0.1, -0.05) is 27.7 Å². The van der Waals surface area contributed by atoms with E-state index in [0.29, 0.717) is 17.8 Å². The molecule has 0 radical (unpaired) electrons. The largest absolute Gasteiger partial charge is 0.463 e. The fraction of sp³-hybridized carbons (Fsp3) is 0.767. The molecule has 204 valence electrons. The van der Waals surface area contributed by atoms with Crippen molar-refractivity contribution in [1.29, 1.82) is 0 Å². The lowest BCUT2D eigenvalue weighted by atomic mass is 9.44. The SMILES string of the molecule is CC(=O)O[C@H]1CC[C@]2(C)C3CC[C@]4(C)[C@@H](c5ccc(=O)oc5)[C@@H](OC(=O)C(C)C)[C@H]5O[C@]54[C@@H]3CC[C@@H]2C1.[HH]. The van der Waals surface area contributed by atoms with Gasteiger partial charge in [-0.3, -0.25) is 9.59 Å². The lowest BCUT2D eigenvalue weighted by Gasteiger charge is -2.61. The van der Waals surface area contributed by atoms with Crippen molar-refractivity contribution in [2.24, 2.45) is 34.5 Å². The van der Waals surface area contributed by atoms with E-state index in [-0.39, 0.29) is 59.5 Å². The topological polar surface area (TPSA) is 95.3 Å². The molecule has 4 aliphatic carbocycles. The highest BCUT2D eigenvalue weighted by molar-refractivity contribution is 5.72. The average Bonchev–Trinajstić information content (AvgIpc) is 3.54. The third kappa shape index (κ3) is 3.51. The Morgan fingerprint density at radius 1 is 1.05 bits per heavy atom. The zero-order valence-corrected chi connectivity index (χ0v) is 22.7. The molecular weight excluding hydrogens is 472 g/mol. The molecule has 6 rings (SSSR count). The molecular formula is C30H42O7. The van der Waals surface area contributed by atoms with Crippen molar-refractivity contribution < 1.29 is 29.6 Å². The van der Waals surface area contributed by atoms with E-state index in [4.69, 9.17) is 18.6 Å². The highest BCUT2D eigenvalue weighted by Gasteiger charge is 2.84. The van der Waals surface area contributed by atoms with Gasteiger partial charge in [-0.25, -0.2) is 4.79 Å². The van der Waals surface area contributed by atoms with E-state index in [2.05, 4.69) is 13.8 Å². The van der Waals surface area contributed by atoms with Gasteiger partial charge < -0.3 is 18.6 Å². The minimum absolute atomic E-state index is 0. The molecule has 0 aromatic carbocycles. The summed E-state index contributed by atoms with van der Waals surface area (Å²) in [4.78, 5) is 36.2. The highest BCUT2D eigenvalue weighted by atomic mass is 16.7. The first-order valence-electron chi connectivity index (χ1n) is 14.2. The van der Waals surface area contributed by atoms with E-state index in [9.17, 15) is 14.4 Å². The second-order valence-corrected chi connectivity index (χ2v) is 13.2. The highest BCUT2D eigenvalue weighted by Crippen LogP contribution is 2.78. The number of hydrogen-bond acceptors (Lipinski definition) is 7. The number of carbonyl (C=O) groups is 2. The molecule has 37 heavy (non-hydrogen) atoms. The van der Waals surface area contributed by atoms with Crippen molar-refractivity contribution in [2.45, 2.75) is 109 Å². The summed E-state index contributed by atoms with van der Waals surface area (Å²) < 4.78 is 23.9. The Balaban J connectivity index is 0.00000294. The van der Waals surface area contributed by atoms with Crippen molar-refractivity contribution in [3.05, 3.63) is 34.4 Å². The Hall–Kier alpha value is -2.15. The Morgan fingerprint density at radius 3 is 2.51 bits per heavy atom. The summed E-state index contributed by atoms with van der Waals surface area (Å²) >= 11 is 0. The lowest BCUT2D eigenvalue weighted by Crippen LogP contribution is -2.58. The Labute approximate surface area is 220 Å². The Kier molecular flexibility index (Phi) is 5.73. The third-order valence-electron chi connectivity index (χ3n) is 11.2. The van der Waals surface area contributed by atoms with Crippen LogP contribution in [0.5, 0.6) is 0 Å². The molecule has 10 atom stereocenters. The Bertz CT molecular complexity index is 1140. The third-order valence-corrected chi connectivity index (χ3v) is 11.2. The summed E-state index contributed by atoms with van der Waals surface area (Å²) in [5.74, 6) is 0.759. The quantitative estimate of drug-likeness (QED) is 0.400.